The van der Waals surface area contributed by atoms with Crippen molar-refractivity contribution in [2.75, 3.05) is 0 Å². The largest absolute Gasteiger partial charge is 0.366 e. The number of rotatable bonds is 2. The molecule has 2 rings (SSSR count). The molecule has 0 spiro atoms. The Kier molecular flexibility index (Phi) is 2.66. The molecule has 0 unspecified atom stereocenters. The number of carbonyl (C=O) groups excluding carboxylic acids is 1. The number of primary amides is 1. The highest BCUT2D eigenvalue weighted by Gasteiger charge is 2.08. The van der Waals surface area contributed by atoms with Crippen LogP contribution in [0.1, 0.15) is 16.2 Å². The van der Waals surface area contributed by atoms with Gasteiger partial charge in [-0.1, -0.05) is 11.6 Å². The Labute approximate surface area is 97.7 Å². The van der Waals surface area contributed by atoms with E-state index >= 15 is 0 Å². The average molecular weight is 236 g/mol. The molecular formula is C11H10ClN3O. The summed E-state index contributed by atoms with van der Waals surface area (Å²) in [5.74, 6) is 0.321. The minimum Gasteiger partial charge on any atom is -0.366 e. The van der Waals surface area contributed by atoms with E-state index in [-0.39, 0.29) is 0 Å². The number of nitrogens with two attached hydrogens (primary N) is 1. The fourth-order valence-corrected chi connectivity index (χ4v) is 1.77. The fourth-order valence-electron chi connectivity index (χ4n) is 1.50. The van der Waals surface area contributed by atoms with Gasteiger partial charge < -0.3 is 10.3 Å². The molecule has 1 heterocycles. The Morgan fingerprint density at radius 2 is 2.25 bits per heavy atom. The molecule has 1 amide bonds. The van der Waals surface area contributed by atoms with Gasteiger partial charge in [-0.05, 0) is 25.1 Å². The average Bonchev–Trinajstić information content (AvgIpc) is 2.63. The summed E-state index contributed by atoms with van der Waals surface area (Å²) >= 11 is 5.96. The molecule has 0 aliphatic carbocycles. The van der Waals surface area contributed by atoms with Crippen molar-refractivity contribution >= 4 is 17.5 Å². The number of benzene rings is 1. The zero-order valence-corrected chi connectivity index (χ0v) is 9.40. The van der Waals surface area contributed by atoms with Gasteiger partial charge in [-0.3, -0.25) is 4.79 Å². The van der Waals surface area contributed by atoms with Gasteiger partial charge in [-0.15, -0.1) is 0 Å². The second-order valence-electron chi connectivity index (χ2n) is 3.37. The van der Waals surface area contributed by atoms with Crippen molar-refractivity contribution in [1.29, 1.82) is 0 Å². The third kappa shape index (κ3) is 1.79. The first-order valence-electron chi connectivity index (χ1n) is 4.69. The lowest BCUT2D eigenvalue weighted by molar-refractivity contribution is 0.100. The van der Waals surface area contributed by atoms with Crippen LogP contribution in [0.25, 0.3) is 5.69 Å². The minimum absolute atomic E-state index is 0.322. The van der Waals surface area contributed by atoms with E-state index in [4.69, 9.17) is 17.3 Å². The van der Waals surface area contributed by atoms with E-state index in [1.54, 1.807) is 24.4 Å². The van der Waals surface area contributed by atoms with E-state index < -0.39 is 5.91 Å². The quantitative estimate of drug-likeness (QED) is 0.865. The summed E-state index contributed by atoms with van der Waals surface area (Å²) in [7, 11) is 0. The highest BCUT2D eigenvalue weighted by molar-refractivity contribution is 6.34. The number of imidazole rings is 1. The van der Waals surface area contributed by atoms with Crippen LogP contribution in [0, 0.1) is 6.92 Å². The Bertz CT molecular complexity index is 548. The molecule has 0 bridgehead atoms. The molecule has 5 heteroatoms. The lowest BCUT2D eigenvalue weighted by Crippen LogP contribution is -2.11. The molecule has 0 saturated carbocycles. The number of carbonyl (C=O) groups is 1. The molecule has 0 saturated heterocycles. The number of aryl methyl sites for hydroxylation is 1. The molecule has 16 heavy (non-hydrogen) atoms. The van der Waals surface area contributed by atoms with E-state index in [9.17, 15) is 4.79 Å². The third-order valence-electron chi connectivity index (χ3n) is 2.32. The van der Waals surface area contributed by atoms with Crippen molar-refractivity contribution in [3.8, 4) is 5.69 Å². The van der Waals surface area contributed by atoms with Gasteiger partial charge in [0.2, 0.25) is 5.91 Å². The van der Waals surface area contributed by atoms with Gasteiger partial charge in [0.25, 0.3) is 0 Å². The molecule has 82 valence electrons. The molecule has 1 aromatic heterocycles. The fraction of sp³-hybridized carbons (Fsp3) is 0.0909. The maximum absolute atomic E-state index is 11.0. The van der Waals surface area contributed by atoms with Crippen molar-refractivity contribution in [2.45, 2.75) is 6.92 Å². The van der Waals surface area contributed by atoms with E-state index in [0.717, 1.165) is 11.5 Å². The van der Waals surface area contributed by atoms with Crippen molar-refractivity contribution in [3.63, 3.8) is 0 Å². The van der Waals surface area contributed by atoms with Gasteiger partial charge in [0.1, 0.15) is 5.82 Å². The second kappa shape index (κ2) is 3.98. The summed E-state index contributed by atoms with van der Waals surface area (Å²) in [6.45, 7) is 1.88. The van der Waals surface area contributed by atoms with Gasteiger partial charge in [0.15, 0.2) is 0 Å². The molecule has 2 aromatic rings. The molecule has 1 aromatic carbocycles. The van der Waals surface area contributed by atoms with Crippen LogP contribution in [0.4, 0.5) is 0 Å². The smallest absolute Gasteiger partial charge is 0.250 e. The van der Waals surface area contributed by atoms with Gasteiger partial charge >= 0.3 is 0 Å². The normalized spacial score (nSPS) is 10.4. The van der Waals surface area contributed by atoms with Crippen LogP contribution in [-0.2, 0) is 0 Å². The number of amides is 1. The highest BCUT2D eigenvalue weighted by Crippen LogP contribution is 2.20. The van der Waals surface area contributed by atoms with Crippen LogP contribution in [0.15, 0.2) is 30.6 Å². The topological polar surface area (TPSA) is 60.9 Å². The second-order valence-corrected chi connectivity index (χ2v) is 3.78. The Morgan fingerprint density at radius 1 is 1.50 bits per heavy atom. The molecule has 4 nitrogen and oxygen atoms in total. The third-order valence-corrected chi connectivity index (χ3v) is 2.63. The SMILES string of the molecule is Cc1nccn1-c1ccc(C(N)=O)c(Cl)c1. The lowest BCUT2D eigenvalue weighted by atomic mass is 10.2. The van der Waals surface area contributed by atoms with Crippen LogP contribution in [-0.4, -0.2) is 15.5 Å². The number of hydrogen-bond acceptors (Lipinski definition) is 2. The molecule has 0 fully saturated rings. The van der Waals surface area contributed by atoms with Crippen LogP contribution >= 0.6 is 11.6 Å². The van der Waals surface area contributed by atoms with Gasteiger partial charge in [-0.25, -0.2) is 4.98 Å². The van der Waals surface area contributed by atoms with Gasteiger partial charge in [-0.2, -0.15) is 0 Å². The van der Waals surface area contributed by atoms with E-state index in [1.165, 1.54) is 0 Å². The first-order valence-corrected chi connectivity index (χ1v) is 5.07. The molecular weight excluding hydrogens is 226 g/mol. The summed E-state index contributed by atoms with van der Waals surface area (Å²) in [5, 5.41) is 0.345. The van der Waals surface area contributed by atoms with E-state index in [2.05, 4.69) is 4.98 Å². The summed E-state index contributed by atoms with van der Waals surface area (Å²) < 4.78 is 1.87. The van der Waals surface area contributed by atoms with Crippen molar-refractivity contribution in [3.05, 3.63) is 47.0 Å². The maximum Gasteiger partial charge on any atom is 0.250 e. The minimum atomic E-state index is -0.529. The molecule has 0 radical (unpaired) electrons. The van der Waals surface area contributed by atoms with E-state index in [1.807, 2.05) is 17.7 Å². The van der Waals surface area contributed by atoms with E-state index in [0.29, 0.717) is 10.6 Å². The van der Waals surface area contributed by atoms with Crippen LogP contribution in [0.3, 0.4) is 0 Å². The number of aromatic nitrogens is 2. The maximum atomic E-state index is 11.0. The molecule has 0 aliphatic heterocycles. The predicted octanol–water partition coefficient (Wildman–Crippen LogP) is 1.93. The summed E-state index contributed by atoms with van der Waals surface area (Å²) in [5.41, 5.74) is 6.34. The van der Waals surface area contributed by atoms with Crippen molar-refractivity contribution in [2.24, 2.45) is 5.73 Å². The van der Waals surface area contributed by atoms with Gasteiger partial charge in [0, 0.05) is 18.1 Å². The first kappa shape index (κ1) is 10.7. The summed E-state index contributed by atoms with van der Waals surface area (Å²) in [6.07, 6.45) is 3.52. The summed E-state index contributed by atoms with van der Waals surface area (Å²) in [6, 6.07) is 5.08. The predicted molar refractivity (Wildman–Crippen MR) is 61.8 cm³/mol. The zero-order valence-electron chi connectivity index (χ0n) is 8.64. The zero-order chi connectivity index (χ0) is 11.7. The standard InChI is InChI=1S/C11H10ClN3O/c1-7-14-4-5-15(7)8-2-3-9(11(13)16)10(12)6-8/h2-6H,1H3,(H2,13,16). The number of nitrogens with zero attached hydrogens (tertiary/aromatic N) is 2. The monoisotopic (exact) mass is 235 g/mol. The molecule has 2 N–H and O–H groups in total. The van der Waals surface area contributed by atoms with Gasteiger partial charge in [0.05, 0.1) is 10.6 Å². The van der Waals surface area contributed by atoms with Crippen LogP contribution in [0.2, 0.25) is 5.02 Å². The molecule has 0 aliphatic rings. The highest BCUT2D eigenvalue weighted by atomic mass is 35.5. The van der Waals surface area contributed by atoms with Crippen LogP contribution in [0.5, 0.6) is 0 Å². The Balaban J connectivity index is 2.50. The van der Waals surface area contributed by atoms with Crippen LogP contribution < -0.4 is 5.73 Å². The lowest BCUT2D eigenvalue weighted by Gasteiger charge is -2.07. The first-order chi connectivity index (χ1) is 7.59. The Morgan fingerprint density at radius 3 is 2.75 bits per heavy atom. The number of halogens is 1. The number of hydrogen-bond donors (Lipinski definition) is 1. The summed E-state index contributed by atoms with van der Waals surface area (Å²) in [4.78, 5) is 15.1. The van der Waals surface area contributed by atoms with Crippen molar-refractivity contribution in [1.82, 2.24) is 9.55 Å². The van der Waals surface area contributed by atoms with Crippen molar-refractivity contribution < 1.29 is 4.79 Å². The molecule has 0 atom stereocenters. The Hall–Kier alpha value is -1.81.